The van der Waals surface area contributed by atoms with E-state index in [0.717, 1.165) is 5.56 Å². The van der Waals surface area contributed by atoms with Crippen LogP contribution in [0.3, 0.4) is 0 Å². The van der Waals surface area contributed by atoms with Crippen LogP contribution in [0.4, 0.5) is 0 Å². The fourth-order valence-electron chi connectivity index (χ4n) is 1.07. The van der Waals surface area contributed by atoms with Gasteiger partial charge in [-0.05, 0) is 13.8 Å². The van der Waals surface area contributed by atoms with Crippen LogP contribution < -0.4 is 5.56 Å². The van der Waals surface area contributed by atoms with Gasteiger partial charge in [-0.1, -0.05) is 0 Å². The lowest BCUT2D eigenvalue weighted by Crippen LogP contribution is -2.18. The number of aromatic hydroxyl groups is 1. The molecule has 3 heteroatoms. The highest BCUT2D eigenvalue weighted by atomic mass is 16.3. The summed E-state index contributed by atoms with van der Waals surface area (Å²) in [6.45, 7) is 3.38. The maximum Gasteiger partial charge on any atom is 0.256 e. The third kappa shape index (κ3) is 1.13. The molecule has 1 aromatic heterocycles. The second kappa shape index (κ2) is 2.42. The summed E-state index contributed by atoms with van der Waals surface area (Å²) in [5.41, 5.74) is 0.991. The summed E-state index contributed by atoms with van der Waals surface area (Å²) in [7, 11) is 1.67. The Labute approximate surface area is 64.9 Å². The quantitative estimate of drug-likeness (QED) is 0.596. The molecule has 0 radical (unpaired) electrons. The Bertz CT molecular complexity index is 339. The molecule has 0 atom stereocenters. The predicted octanol–water partition coefficient (Wildman–Crippen LogP) is 0.708. The molecular weight excluding hydrogens is 142 g/mol. The molecule has 1 aromatic rings. The van der Waals surface area contributed by atoms with Gasteiger partial charge in [-0.3, -0.25) is 4.79 Å². The first-order valence-corrected chi connectivity index (χ1v) is 3.40. The molecule has 0 aliphatic carbocycles. The Hall–Kier alpha value is -1.25. The Morgan fingerprint density at radius 3 is 2.55 bits per heavy atom. The van der Waals surface area contributed by atoms with Crippen LogP contribution in [0.1, 0.15) is 11.1 Å². The summed E-state index contributed by atoms with van der Waals surface area (Å²) in [5.74, 6) is 0.105. The van der Waals surface area contributed by atoms with Crippen molar-refractivity contribution in [3.05, 3.63) is 27.7 Å². The molecule has 0 fully saturated rings. The van der Waals surface area contributed by atoms with E-state index in [4.69, 9.17) is 0 Å². The van der Waals surface area contributed by atoms with Crippen LogP contribution >= 0.6 is 0 Å². The van der Waals surface area contributed by atoms with Crippen LogP contribution in [-0.4, -0.2) is 9.67 Å². The van der Waals surface area contributed by atoms with Crippen LogP contribution in [0.15, 0.2) is 11.0 Å². The van der Waals surface area contributed by atoms with Crippen molar-refractivity contribution in [3.8, 4) is 5.75 Å². The number of aryl methyl sites for hydroxylation is 2. The molecule has 0 amide bonds. The minimum atomic E-state index is -0.145. The molecule has 0 spiro atoms. The van der Waals surface area contributed by atoms with E-state index in [9.17, 15) is 9.90 Å². The number of rotatable bonds is 0. The lowest BCUT2D eigenvalue weighted by molar-refractivity contribution is 0.462. The second-order valence-electron chi connectivity index (χ2n) is 2.70. The van der Waals surface area contributed by atoms with Crippen LogP contribution in [0.5, 0.6) is 5.75 Å². The van der Waals surface area contributed by atoms with Gasteiger partial charge in [0.05, 0.1) is 5.56 Å². The first-order chi connectivity index (χ1) is 5.04. The summed E-state index contributed by atoms with van der Waals surface area (Å²) >= 11 is 0. The van der Waals surface area contributed by atoms with Crippen molar-refractivity contribution in [3.63, 3.8) is 0 Å². The summed E-state index contributed by atoms with van der Waals surface area (Å²) in [6, 6.07) is 0. The lowest BCUT2D eigenvalue weighted by Gasteiger charge is -2.04. The Morgan fingerprint density at radius 1 is 1.45 bits per heavy atom. The molecule has 0 aromatic carbocycles. The van der Waals surface area contributed by atoms with E-state index < -0.39 is 0 Å². The summed E-state index contributed by atoms with van der Waals surface area (Å²) < 4.78 is 1.46. The van der Waals surface area contributed by atoms with Gasteiger partial charge in [-0.15, -0.1) is 0 Å². The largest absolute Gasteiger partial charge is 0.507 e. The lowest BCUT2D eigenvalue weighted by atomic mass is 10.2. The van der Waals surface area contributed by atoms with Crippen molar-refractivity contribution in [2.75, 3.05) is 0 Å². The maximum absolute atomic E-state index is 11.1. The Kier molecular flexibility index (Phi) is 1.72. The average Bonchev–Trinajstić information content (AvgIpc) is 1.97. The molecule has 1 N–H and O–H groups in total. The number of pyridine rings is 1. The van der Waals surface area contributed by atoms with Crippen molar-refractivity contribution >= 4 is 0 Å². The second-order valence-corrected chi connectivity index (χ2v) is 2.70. The molecular formula is C8H11NO2. The fraction of sp³-hybridized carbons (Fsp3) is 0.375. The smallest absolute Gasteiger partial charge is 0.256 e. The minimum absolute atomic E-state index is 0.105. The van der Waals surface area contributed by atoms with Gasteiger partial charge < -0.3 is 9.67 Å². The zero-order valence-electron chi connectivity index (χ0n) is 6.88. The molecule has 0 saturated heterocycles. The average molecular weight is 153 g/mol. The zero-order valence-corrected chi connectivity index (χ0v) is 6.88. The normalized spacial score (nSPS) is 10.1. The van der Waals surface area contributed by atoms with Crippen LogP contribution in [0.25, 0.3) is 0 Å². The molecule has 0 saturated carbocycles. The topological polar surface area (TPSA) is 42.2 Å². The van der Waals surface area contributed by atoms with Gasteiger partial charge in [0.25, 0.3) is 5.56 Å². The van der Waals surface area contributed by atoms with E-state index in [1.165, 1.54) is 4.57 Å². The number of hydrogen-bond donors (Lipinski definition) is 1. The van der Waals surface area contributed by atoms with Crippen LogP contribution in [0, 0.1) is 13.8 Å². The fourth-order valence-corrected chi connectivity index (χ4v) is 1.07. The minimum Gasteiger partial charge on any atom is -0.507 e. The van der Waals surface area contributed by atoms with Crippen molar-refractivity contribution in [2.45, 2.75) is 13.8 Å². The van der Waals surface area contributed by atoms with Gasteiger partial charge >= 0.3 is 0 Å². The Morgan fingerprint density at radius 2 is 2.00 bits per heavy atom. The first kappa shape index (κ1) is 7.85. The summed E-state index contributed by atoms with van der Waals surface area (Å²) in [5, 5.41) is 9.30. The molecule has 1 heterocycles. The van der Waals surface area contributed by atoms with E-state index in [1.54, 1.807) is 27.1 Å². The van der Waals surface area contributed by atoms with Crippen LogP contribution in [-0.2, 0) is 7.05 Å². The highest BCUT2D eigenvalue weighted by molar-refractivity contribution is 5.35. The van der Waals surface area contributed by atoms with Gasteiger partial charge in [-0.25, -0.2) is 0 Å². The van der Waals surface area contributed by atoms with Crippen molar-refractivity contribution in [1.82, 2.24) is 4.57 Å². The zero-order chi connectivity index (χ0) is 8.59. The van der Waals surface area contributed by atoms with Gasteiger partial charge in [0.2, 0.25) is 0 Å². The molecule has 11 heavy (non-hydrogen) atoms. The molecule has 3 nitrogen and oxygen atoms in total. The molecule has 0 bridgehead atoms. The highest BCUT2D eigenvalue weighted by Crippen LogP contribution is 2.15. The van der Waals surface area contributed by atoms with Crippen molar-refractivity contribution in [1.29, 1.82) is 0 Å². The van der Waals surface area contributed by atoms with Gasteiger partial charge in [-0.2, -0.15) is 0 Å². The van der Waals surface area contributed by atoms with E-state index in [0.29, 0.717) is 5.56 Å². The maximum atomic E-state index is 11.1. The summed E-state index contributed by atoms with van der Waals surface area (Å²) in [4.78, 5) is 11.1. The number of nitrogens with zero attached hydrogens (tertiary/aromatic N) is 1. The molecule has 0 aliphatic heterocycles. The van der Waals surface area contributed by atoms with Gasteiger partial charge in [0, 0.05) is 18.8 Å². The molecule has 60 valence electrons. The van der Waals surface area contributed by atoms with E-state index in [-0.39, 0.29) is 11.3 Å². The summed E-state index contributed by atoms with van der Waals surface area (Å²) in [6.07, 6.45) is 1.62. The molecule has 1 rings (SSSR count). The van der Waals surface area contributed by atoms with Gasteiger partial charge in [0.1, 0.15) is 5.75 Å². The molecule has 0 aliphatic rings. The number of hydrogen-bond acceptors (Lipinski definition) is 2. The SMILES string of the molecule is Cc1cn(C)c(=O)c(C)c1O. The monoisotopic (exact) mass is 153 g/mol. The van der Waals surface area contributed by atoms with E-state index in [2.05, 4.69) is 0 Å². The predicted molar refractivity (Wildman–Crippen MR) is 42.8 cm³/mol. The third-order valence-electron chi connectivity index (χ3n) is 1.76. The Balaban J connectivity index is 3.59. The van der Waals surface area contributed by atoms with Crippen molar-refractivity contribution < 1.29 is 5.11 Å². The standard InChI is InChI=1S/C8H11NO2/c1-5-4-9(3)8(11)6(2)7(5)10/h4,10H,1-3H3. The number of aromatic nitrogens is 1. The van der Waals surface area contributed by atoms with Gasteiger partial charge in [0.15, 0.2) is 0 Å². The molecule has 0 unspecified atom stereocenters. The first-order valence-electron chi connectivity index (χ1n) is 3.40. The van der Waals surface area contributed by atoms with Crippen molar-refractivity contribution in [2.24, 2.45) is 7.05 Å². The third-order valence-corrected chi connectivity index (χ3v) is 1.76. The van der Waals surface area contributed by atoms with Crippen LogP contribution in [0.2, 0.25) is 0 Å². The highest BCUT2D eigenvalue weighted by Gasteiger charge is 2.04. The van der Waals surface area contributed by atoms with E-state index in [1.807, 2.05) is 0 Å². The van der Waals surface area contributed by atoms with E-state index >= 15 is 0 Å².